The largest absolute Gasteiger partial charge is 0.478 e. The lowest BCUT2D eigenvalue weighted by Crippen LogP contribution is -2.26. The molecule has 0 heterocycles. The van der Waals surface area contributed by atoms with Crippen LogP contribution in [-0.4, -0.2) is 29.3 Å². The minimum absolute atomic E-state index is 0.00555. The molecule has 0 aliphatic heterocycles. The molecule has 5 heteroatoms. The van der Waals surface area contributed by atoms with Crippen LogP contribution in [-0.2, 0) is 24.1 Å². The highest BCUT2D eigenvalue weighted by Crippen LogP contribution is 2.23. The van der Waals surface area contributed by atoms with Crippen molar-refractivity contribution in [2.75, 3.05) is 6.54 Å². The van der Waals surface area contributed by atoms with Gasteiger partial charge in [0.25, 0.3) is 0 Å². The van der Waals surface area contributed by atoms with E-state index in [-0.39, 0.29) is 30.1 Å². The number of hydrogen-bond acceptors (Lipinski definition) is 3. The quantitative estimate of drug-likeness (QED) is 0.704. The predicted octanol–water partition coefficient (Wildman–Crippen LogP) is 3.20. The second-order valence-corrected chi connectivity index (χ2v) is 6.87. The van der Waals surface area contributed by atoms with Crippen LogP contribution < -0.4 is 5.32 Å². The molecule has 0 aromatic heterocycles. The van der Waals surface area contributed by atoms with Crippen molar-refractivity contribution in [2.45, 2.75) is 38.5 Å². The molecule has 0 unspecified atom stereocenters. The van der Waals surface area contributed by atoms with Crippen LogP contribution in [0.15, 0.2) is 42.5 Å². The number of ketones is 1. The maximum absolute atomic E-state index is 12.3. The van der Waals surface area contributed by atoms with E-state index in [0.717, 1.165) is 24.8 Å². The van der Waals surface area contributed by atoms with Crippen molar-refractivity contribution in [3.63, 3.8) is 0 Å². The number of carboxylic acid groups (broad SMARTS) is 1. The molecular weight excluding hydrogens is 342 g/mol. The Bertz CT molecular complexity index is 872. The molecule has 2 N–H and O–H groups in total. The molecule has 0 spiro atoms. The maximum Gasteiger partial charge on any atom is 0.335 e. The lowest BCUT2D eigenvalue weighted by atomic mass is 10.0. The number of Topliss-reactive ketones (excluding diaryl/α,β-unsaturated/α-hetero) is 1. The molecule has 3 rings (SSSR count). The number of fused-ring (bicyclic) bond motifs is 1. The summed E-state index contributed by atoms with van der Waals surface area (Å²) in [5.41, 5.74) is 4.36. The normalized spacial score (nSPS) is 12.4. The average Bonchev–Trinajstić information content (AvgIpc) is 3.14. The number of benzene rings is 2. The molecule has 0 atom stereocenters. The molecule has 1 aliphatic carbocycles. The summed E-state index contributed by atoms with van der Waals surface area (Å²) in [6.07, 6.45) is 4.15. The van der Waals surface area contributed by atoms with Gasteiger partial charge in [0.15, 0.2) is 5.78 Å². The van der Waals surface area contributed by atoms with Crippen molar-refractivity contribution in [2.24, 2.45) is 0 Å². The molecule has 0 fully saturated rings. The number of aryl methyl sites for hydroxylation is 2. The zero-order valence-corrected chi connectivity index (χ0v) is 15.2. The number of rotatable bonds is 8. The van der Waals surface area contributed by atoms with Gasteiger partial charge in [0.1, 0.15) is 0 Å². The van der Waals surface area contributed by atoms with Gasteiger partial charge >= 0.3 is 5.97 Å². The van der Waals surface area contributed by atoms with Gasteiger partial charge in [0, 0.05) is 24.9 Å². The molecule has 0 radical (unpaired) electrons. The van der Waals surface area contributed by atoms with Crippen molar-refractivity contribution in [3.8, 4) is 0 Å². The molecular formula is C22H23NO4. The molecule has 2 aromatic rings. The molecule has 1 amide bonds. The van der Waals surface area contributed by atoms with E-state index in [1.54, 1.807) is 12.1 Å². The topological polar surface area (TPSA) is 83.5 Å². The van der Waals surface area contributed by atoms with Crippen molar-refractivity contribution in [3.05, 3.63) is 70.3 Å². The average molecular weight is 365 g/mol. The Labute approximate surface area is 158 Å². The summed E-state index contributed by atoms with van der Waals surface area (Å²) in [4.78, 5) is 35.2. The third-order valence-electron chi connectivity index (χ3n) is 4.91. The second kappa shape index (κ2) is 8.62. The highest BCUT2D eigenvalue weighted by molar-refractivity contribution is 5.98. The van der Waals surface area contributed by atoms with Crippen molar-refractivity contribution >= 4 is 17.7 Å². The predicted molar refractivity (Wildman–Crippen MR) is 102 cm³/mol. The molecule has 27 heavy (non-hydrogen) atoms. The van der Waals surface area contributed by atoms with E-state index in [1.807, 2.05) is 24.3 Å². The van der Waals surface area contributed by atoms with E-state index in [4.69, 9.17) is 5.11 Å². The Hall–Kier alpha value is -2.95. The Kier molecular flexibility index (Phi) is 6.01. The second-order valence-electron chi connectivity index (χ2n) is 6.87. The molecule has 0 bridgehead atoms. The zero-order chi connectivity index (χ0) is 19.2. The van der Waals surface area contributed by atoms with Gasteiger partial charge in [-0.1, -0.05) is 24.3 Å². The van der Waals surface area contributed by atoms with Gasteiger partial charge in [-0.2, -0.15) is 0 Å². The third kappa shape index (κ3) is 5.03. The minimum atomic E-state index is -0.967. The smallest absolute Gasteiger partial charge is 0.335 e. The fourth-order valence-electron chi connectivity index (χ4n) is 3.41. The van der Waals surface area contributed by atoms with E-state index in [0.29, 0.717) is 18.5 Å². The van der Waals surface area contributed by atoms with Crippen LogP contribution in [0.25, 0.3) is 0 Å². The summed E-state index contributed by atoms with van der Waals surface area (Å²) in [6.45, 7) is 0.412. The zero-order valence-electron chi connectivity index (χ0n) is 15.2. The van der Waals surface area contributed by atoms with Gasteiger partial charge in [0.2, 0.25) is 5.91 Å². The Morgan fingerprint density at radius 2 is 1.74 bits per heavy atom. The van der Waals surface area contributed by atoms with Gasteiger partial charge < -0.3 is 10.4 Å². The van der Waals surface area contributed by atoms with Crippen LogP contribution in [0.5, 0.6) is 0 Å². The minimum Gasteiger partial charge on any atom is -0.478 e. The Morgan fingerprint density at radius 3 is 2.56 bits per heavy atom. The van der Waals surface area contributed by atoms with Crippen molar-refractivity contribution in [1.82, 2.24) is 5.32 Å². The number of aromatic carboxylic acids is 1. The Balaban J connectivity index is 1.42. The summed E-state index contributed by atoms with van der Waals surface area (Å²) in [5, 5.41) is 11.8. The summed E-state index contributed by atoms with van der Waals surface area (Å²) < 4.78 is 0. The van der Waals surface area contributed by atoms with Crippen LogP contribution in [0.2, 0.25) is 0 Å². The van der Waals surface area contributed by atoms with Crippen LogP contribution in [0, 0.1) is 0 Å². The SMILES string of the molecule is O=C(CCC(=O)c1ccc2c(c1)CCC2)NCCc1cccc(C(=O)O)c1. The summed E-state index contributed by atoms with van der Waals surface area (Å²) in [7, 11) is 0. The van der Waals surface area contributed by atoms with Crippen LogP contribution in [0.3, 0.4) is 0 Å². The van der Waals surface area contributed by atoms with Gasteiger partial charge in [0.05, 0.1) is 5.56 Å². The fraction of sp³-hybridized carbons (Fsp3) is 0.318. The Morgan fingerprint density at radius 1 is 0.926 bits per heavy atom. The van der Waals surface area contributed by atoms with Gasteiger partial charge in [-0.15, -0.1) is 0 Å². The molecule has 1 aliphatic rings. The van der Waals surface area contributed by atoms with Crippen molar-refractivity contribution in [1.29, 1.82) is 0 Å². The van der Waals surface area contributed by atoms with E-state index in [1.165, 1.54) is 17.2 Å². The first-order valence-electron chi connectivity index (χ1n) is 9.27. The molecule has 140 valence electrons. The fourth-order valence-corrected chi connectivity index (χ4v) is 3.41. The maximum atomic E-state index is 12.3. The van der Waals surface area contributed by atoms with Crippen LogP contribution in [0.4, 0.5) is 0 Å². The molecule has 0 saturated carbocycles. The first kappa shape index (κ1) is 18.8. The monoisotopic (exact) mass is 365 g/mol. The van der Waals surface area contributed by atoms with Crippen LogP contribution >= 0.6 is 0 Å². The number of carboxylic acids is 1. The summed E-state index contributed by atoms with van der Waals surface area (Å²) in [6, 6.07) is 12.5. The lowest BCUT2D eigenvalue weighted by Gasteiger charge is -2.07. The number of carbonyl (C=O) groups is 3. The molecule has 0 saturated heterocycles. The number of amides is 1. The first-order valence-corrected chi connectivity index (χ1v) is 9.27. The van der Waals surface area contributed by atoms with E-state index < -0.39 is 5.97 Å². The highest BCUT2D eigenvalue weighted by Gasteiger charge is 2.15. The third-order valence-corrected chi connectivity index (χ3v) is 4.91. The van der Waals surface area contributed by atoms with Gasteiger partial charge in [-0.05, 0) is 60.6 Å². The standard InChI is InChI=1S/C22H23NO4/c24-20(18-8-7-16-4-2-5-17(16)14-18)9-10-21(25)23-12-11-15-3-1-6-19(13-15)22(26)27/h1,3,6-8,13-14H,2,4-5,9-12H2,(H,23,25)(H,26,27). The molecule has 2 aromatic carbocycles. The van der Waals surface area contributed by atoms with Gasteiger partial charge in [-0.3, -0.25) is 9.59 Å². The van der Waals surface area contributed by atoms with E-state index >= 15 is 0 Å². The number of hydrogen-bond donors (Lipinski definition) is 2. The van der Waals surface area contributed by atoms with E-state index in [2.05, 4.69) is 5.32 Å². The number of nitrogens with one attached hydrogen (secondary N) is 1. The lowest BCUT2D eigenvalue weighted by molar-refractivity contribution is -0.121. The summed E-state index contributed by atoms with van der Waals surface area (Å²) >= 11 is 0. The van der Waals surface area contributed by atoms with Crippen LogP contribution in [0.1, 0.15) is 56.7 Å². The molecule has 5 nitrogen and oxygen atoms in total. The summed E-state index contributed by atoms with van der Waals surface area (Å²) in [5.74, 6) is -1.14. The first-order chi connectivity index (χ1) is 13.0. The number of carbonyl (C=O) groups excluding carboxylic acids is 2. The van der Waals surface area contributed by atoms with Gasteiger partial charge in [-0.25, -0.2) is 4.79 Å². The highest BCUT2D eigenvalue weighted by atomic mass is 16.4. The van der Waals surface area contributed by atoms with E-state index in [9.17, 15) is 14.4 Å². The van der Waals surface area contributed by atoms with Crippen molar-refractivity contribution < 1.29 is 19.5 Å².